The molecular formula is C20H17N3O2. The number of anilines is 1. The van der Waals surface area contributed by atoms with E-state index in [2.05, 4.69) is 9.97 Å². The number of aromatic nitrogens is 2. The van der Waals surface area contributed by atoms with Gasteiger partial charge in [0.15, 0.2) is 0 Å². The van der Waals surface area contributed by atoms with Gasteiger partial charge in [-0.3, -0.25) is 14.7 Å². The fourth-order valence-electron chi connectivity index (χ4n) is 3.01. The van der Waals surface area contributed by atoms with E-state index in [1.807, 2.05) is 43.3 Å². The van der Waals surface area contributed by atoms with Crippen molar-refractivity contribution in [3.8, 4) is 17.1 Å². The van der Waals surface area contributed by atoms with Crippen LogP contribution in [0.3, 0.4) is 0 Å². The molecule has 0 saturated carbocycles. The van der Waals surface area contributed by atoms with Gasteiger partial charge in [-0.05, 0) is 55.5 Å². The molecule has 0 aliphatic carbocycles. The van der Waals surface area contributed by atoms with E-state index in [9.17, 15) is 4.79 Å². The van der Waals surface area contributed by atoms with Crippen molar-refractivity contribution >= 4 is 17.7 Å². The highest BCUT2D eigenvalue weighted by Gasteiger charge is 2.24. The summed E-state index contributed by atoms with van der Waals surface area (Å²) in [6, 6.07) is 13.0. The zero-order valence-corrected chi connectivity index (χ0v) is 14.0. The first kappa shape index (κ1) is 15.2. The predicted molar refractivity (Wildman–Crippen MR) is 97.6 cm³/mol. The molecule has 25 heavy (non-hydrogen) atoms. The first-order valence-electron chi connectivity index (χ1n) is 7.98. The van der Waals surface area contributed by atoms with Crippen LogP contribution < -0.4 is 9.64 Å². The molecule has 0 fully saturated rings. The number of aromatic amines is 1. The lowest BCUT2D eigenvalue weighted by atomic mass is 10.0. The fourth-order valence-corrected chi connectivity index (χ4v) is 3.01. The van der Waals surface area contributed by atoms with E-state index in [-0.39, 0.29) is 5.91 Å². The van der Waals surface area contributed by atoms with Gasteiger partial charge >= 0.3 is 0 Å². The molecule has 0 spiro atoms. The number of nitrogens with one attached hydrogen (secondary N) is 1. The van der Waals surface area contributed by atoms with Crippen molar-refractivity contribution < 1.29 is 9.53 Å². The molecule has 3 heterocycles. The van der Waals surface area contributed by atoms with Gasteiger partial charge < -0.3 is 9.72 Å². The van der Waals surface area contributed by atoms with Crippen molar-refractivity contribution in [3.63, 3.8) is 0 Å². The first-order chi connectivity index (χ1) is 12.2. The third-order valence-electron chi connectivity index (χ3n) is 4.23. The molecule has 2 aromatic heterocycles. The molecule has 5 nitrogen and oxygen atoms in total. The smallest absolute Gasteiger partial charge is 0.264 e. The summed E-state index contributed by atoms with van der Waals surface area (Å²) in [4.78, 5) is 22.5. The molecule has 0 atom stereocenters. The predicted octanol–water partition coefficient (Wildman–Crippen LogP) is 4.02. The zero-order chi connectivity index (χ0) is 17.4. The highest BCUT2D eigenvalue weighted by atomic mass is 16.5. The van der Waals surface area contributed by atoms with E-state index < -0.39 is 0 Å². The topological polar surface area (TPSA) is 58.2 Å². The van der Waals surface area contributed by atoms with Crippen LogP contribution in [-0.4, -0.2) is 23.0 Å². The number of amides is 1. The van der Waals surface area contributed by atoms with Crippen LogP contribution >= 0.6 is 0 Å². The number of pyridine rings is 1. The Morgan fingerprint density at radius 3 is 2.72 bits per heavy atom. The number of aryl methyl sites for hydroxylation is 1. The van der Waals surface area contributed by atoms with Crippen LogP contribution in [0, 0.1) is 6.92 Å². The molecule has 0 unspecified atom stereocenters. The Balaban J connectivity index is 1.88. The Hall–Kier alpha value is -3.34. The summed E-state index contributed by atoms with van der Waals surface area (Å²) in [5.74, 6) is 0.625. The number of fused-ring (bicyclic) bond motifs is 3. The highest BCUT2D eigenvalue weighted by Crippen LogP contribution is 2.31. The quantitative estimate of drug-likeness (QED) is 0.771. The standard InChI is InChI=1S/C20H17N3O2/c1-13-12-14-9-11-23(15-5-7-16(25-2)8-6-15)20(24)17-4-3-10-21-19(17)18(14)22-13/h3-12,22H,1-2H3/b11-9-. The number of ether oxygens (including phenoxy) is 1. The molecule has 0 radical (unpaired) electrons. The highest BCUT2D eigenvalue weighted by molar-refractivity contribution is 6.12. The Labute approximate surface area is 145 Å². The molecule has 0 bridgehead atoms. The van der Waals surface area contributed by atoms with Crippen molar-refractivity contribution in [2.45, 2.75) is 6.92 Å². The third kappa shape index (κ3) is 2.59. The van der Waals surface area contributed by atoms with Gasteiger partial charge in [0.25, 0.3) is 5.91 Å². The lowest BCUT2D eigenvalue weighted by molar-refractivity contribution is 0.0998. The lowest BCUT2D eigenvalue weighted by Gasteiger charge is -2.22. The van der Waals surface area contributed by atoms with Gasteiger partial charge in [-0.25, -0.2) is 0 Å². The van der Waals surface area contributed by atoms with Crippen LogP contribution in [-0.2, 0) is 0 Å². The maximum absolute atomic E-state index is 13.2. The average Bonchev–Trinajstić information content (AvgIpc) is 3.01. The molecule has 124 valence electrons. The summed E-state index contributed by atoms with van der Waals surface area (Å²) < 4.78 is 5.20. The molecular weight excluding hydrogens is 314 g/mol. The van der Waals surface area contributed by atoms with Gasteiger partial charge in [0, 0.05) is 29.3 Å². The minimum atomic E-state index is -0.123. The number of rotatable bonds is 2. The second kappa shape index (κ2) is 5.94. The summed E-state index contributed by atoms with van der Waals surface area (Å²) in [7, 11) is 1.62. The minimum Gasteiger partial charge on any atom is -0.497 e. The van der Waals surface area contributed by atoms with Crippen LogP contribution in [0.2, 0.25) is 0 Å². The first-order valence-corrected chi connectivity index (χ1v) is 7.98. The van der Waals surface area contributed by atoms with Gasteiger partial charge in [-0.15, -0.1) is 0 Å². The number of carbonyl (C=O) groups excluding carboxylic acids is 1. The Bertz CT molecular complexity index is 971. The van der Waals surface area contributed by atoms with Crippen molar-refractivity contribution in [3.05, 3.63) is 71.7 Å². The molecule has 1 aliphatic heterocycles. The average molecular weight is 331 g/mol. The number of benzene rings is 1. The van der Waals surface area contributed by atoms with Crippen molar-refractivity contribution in [2.24, 2.45) is 0 Å². The Kier molecular flexibility index (Phi) is 3.61. The Morgan fingerprint density at radius 2 is 1.96 bits per heavy atom. The SMILES string of the molecule is COc1ccc(N2/C=C\c3cc(C)[nH]c3-c3ncccc3C2=O)cc1. The van der Waals surface area contributed by atoms with Crippen molar-refractivity contribution in [1.82, 2.24) is 9.97 Å². The van der Waals surface area contributed by atoms with Gasteiger partial charge in [0.05, 0.1) is 24.1 Å². The van der Waals surface area contributed by atoms with E-state index in [1.54, 1.807) is 36.5 Å². The third-order valence-corrected chi connectivity index (χ3v) is 4.23. The van der Waals surface area contributed by atoms with Gasteiger partial charge in [-0.2, -0.15) is 0 Å². The van der Waals surface area contributed by atoms with E-state index in [1.165, 1.54) is 0 Å². The van der Waals surface area contributed by atoms with Crippen LogP contribution in [0.25, 0.3) is 17.5 Å². The monoisotopic (exact) mass is 331 g/mol. The molecule has 1 N–H and O–H groups in total. The van der Waals surface area contributed by atoms with E-state index in [4.69, 9.17) is 4.74 Å². The van der Waals surface area contributed by atoms with E-state index >= 15 is 0 Å². The summed E-state index contributed by atoms with van der Waals surface area (Å²) in [5.41, 5.74) is 4.89. The summed E-state index contributed by atoms with van der Waals surface area (Å²) in [5, 5.41) is 0. The molecule has 3 aromatic rings. The number of hydrogen-bond acceptors (Lipinski definition) is 3. The van der Waals surface area contributed by atoms with Crippen molar-refractivity contribution in [1.29, 1.82) is 0 Å². The maximum Gasteiger partial charge on any atom is 0.264 e. The summed E-state index contributed by atoms with van der Waals surface area (Å²) >= 11 is 0. The number of methoxy groups -OCH3 is 1. The zero-order valence-electron chi connectivity index (χ0n) is 14.0. The molecule has 5 heteroatoms. The second-order valence-electron chi connectivity index (χ2n) is 5.87. The van der Waals surface area contributed by atoms with Gasteiger partial charge in [0.2, 0.25) is 0 Å². The molecule has 4 rings (SSSR count). The minimum absolute atomic E-state index is 0.123. The second-order valence-corrected chi connectivity index (χ2v) is 5.87. The van der Waals surface area contributed by atoms with Crippen LogP contribution in [0.4, 0.5) is 5.69 Å². The number of H-pyrrole nitrogens is 1. The molecule has 1 aromatic carbocycles. The summed E-state index contributed by atoms with van der Waals surface area (Å²) in [6.45, 7) is 1.99. The summed E-state index contributed by atoms with van der Waals surface area (Å²) in [6.07, 6.45) is 5.43. The Morgan fingerprint density at radius 1 is 1.16 bits per heavy atom. The normalized spacial score (nSPS) is 14.3. The van der Waals surface area contributed by atoms with Gasteiger partial charge in [0.1, 0.15) is 5.75 Å². The number of nitrogens with zero attached hydrogens (tertiary/aromatic N) is 2. The fraction of sp³-hybridized carbons (Fsp3) is 0.100. The number of carbonyl (C=O) groups is 1. The molecule has 1 aliphatic rings. The number of hydrogen-bond donors (Lipinski definition) is 1. The lowest BCUT2D eigenvalue weighted by Crippen LogP contribution is -2.26. The van der Waals surface area contributed by atoms with E-state index in [0.717, 1.165) is 28.4 Å². The maximum atomic E-state index is 13.2. The molecule has 1 amide bonds. The van der Waals surface area contributed by atoms with Gasteiger partial charge in [-0.1, -0.05) is 0 Å². The van der Waals surface area contributed by atoms with Crippen LogP contribution in [0.5, 0.6) is 5.75 Å². The van der Waals surface area contributed by atoms with E-state index in [0.29, 0.717) is 11.3 Å². The van der Waals surface area contributed by atoms with Crippen LogP contribution in [0.1, 0.15) is 21.6 Å². The van der Waals surface area contributed by atoms with Crippen molar-refractivity contribution in [2.75, 3.05) is 12.0 Å². The van der Waals surface area contributed by atoms with Crippen LogP contribution in [0.15, 0.2) is 54.9 Å². The largest absolute Gasteiger partial charge is 0.497 e. The molecule has 0 saturated heterocycles.